The van der Waals surface area contributed by atoms with Gasteiger partial charge in [-0.1, -0.05) is 72.2 Å². The molecule has 0 saturated heterocycles. The molecule has 0 radical (unpaired) electrons. The third kappa shape index (κ3) is 9.70. The number of terminal acetylenes is 1. The topological polar surface area (TPSA) is 153 Å². The van der Waals surface area contributed by atoms with Crippen molar-refractivity contribution in [2.24, 2.45) is 5.92 Å². The van der Waals surface area contributed by atoms with E-state index in [0.29, 0.717) is 35.8 Å². The van der Waals surface area contributed by atoms with E-state index < -0.39 is 7.82 Å². The van der Waals surface area contributed by atoms with Crippen LogP contribution in [0.5, 0.6) is 11.5 Å². The van der Waals surface area contributed by atoms with Gasteiger partial charge < -0.3 is 24.7 Å². The highest BCUT2D eigenvalue weighted by Gasteiger charge is 2.25. The minimum Gasteiger partial charge on any atom is -0.504 e. The molecule has 46 heavy (non-hydrogen) atoms. The van der Waals surface area contributed by atoms with Gasteiger partial charge in [0, 0.05) is 37.0 Å². The zero-order valence-corrected chi connectivity index (χ0v) is 28.8. The minimum atomic E-state index is -4.85. The Morgan fingerprint density at radius 2 is 1.85 bits per heavy atom. The Morgan fingerprint density at radius 3 is 2.48 bits per heavy atom. The van der Waals surface area contributed by atoms with Crippen LogP contribution in [0.15, 0.2) is 36.4 Å². The van der Waals surface area contributed by atoms with E-state index in [-0.39, 0.29) is 23.5 Å². The quantitative estimate of drug-likeness (QED) is 0.0616. The number of anilines is 1. The second-order valence-electron chi connectivity index (χ2n) is 12.5. The number of rotatable bonds is 14. The summed E-state index contributed by atoms with van der Waals surface area (Å²) in [5.41, 5.74) is 10.0. The number of phosphoric ester groups is 1. The number of aromatic hydroxyl groups is 1. The summed E-state index contributed by atoms with van der Waals surface area (Å²) in [6.45, 7) is 14.5. The van der Waals surface area contributed by atoms with Crippen molar-refractivity contribution >= 4 is 35.6 Å². The zero-order valence-electron chi connectivity index (χ0n) is 27.9. The first kappa shape index (κ1) is 36.9. The highest BCUT2D eigenvalue weighted by Crippen LogP contribution is 2.43. The number of phosphoric acid groups is 1. The standard InChI is InChI=1S/C31H43N4O6P.C4H6/c1-6-7-11-26-34-27-28(35(26)19-21-9-8-10-25(29(21)36)41-42(37,38)39)23-13-12-22(18-24(23)33-30(27)32)31(4,5)15-17-40-16-14-20(2)3;1-3-4-2/h8-10,12-13,18,20,36H,6-7,11,14-17,19H2,1-5H3,(H2,32,33)(H2,37,38,39);1H,4H2,2H3. The van der Waals surface area contributed by atoms with Crippen molar-refractivity contribution in [3.8, 4) is 23.8 Å². The summed E-state index contributed by atoms with van der Waals surface area (Å²) < 4.78 is 24.1. The van der Waals surface area contributed by atoms with Gasteiger partial charge in [-0.15, -0.1) is 12.3 Å². The van der Waals surface area contributed by atoms with Gasteiger partial charge in [0.2, 0.25) is 0 Å². The summed E-state index contributed by atoms with van der Waals surface area (Å²) in [7, 11) is -4.85. The number of unbranched alkanes of at least 4 members (excludes halogenated alkanes) is 1. The van der Waals surface area contributed by atoms with Gasteiger partial charge in [-0.3, -0.25) is 9.79 Å². The molecule has 2 aromatic heterocycles. The molecule has 0 aliphatic heterocycles. The number of hydrogen-bond donors (Lipinski definition) is 4. The van der Waals surface area contributed by atoms with E-state index in [1.165, 1.54) is 6.07 Å². The average molecular weight is 653 g/mol. The maximum absolute atomic E-state index is 11.4. The van der Waals surface area contributed by atoms with Gasteiger partial charge in [0.1, 0.15) is 11.3 Å². The molecule has 0 saturated carbocycles. The molecule has 0 aliphatic rings. The molecule has 0 bridgehead atoms. The molecule has 0 amide bonds. The van der Waals surface area contributed by atoms with Crippen LogP contribution >= 0.6 is 7.82 Å². The number of pyridine rings is 1. The van der Waals surface area contributed by atoms with Crippen LogP contribution in [0.1, 0.15) is 90.6 Å². The fourth-order valence-corrected chi connectivity index (χ4v) is 5.44. The number of phenolic OH excluding ortho intramolecular Hbond substituents is 1. The highest BCUT2D eigenvalue weighted by molar-refractivity contribution is 7.46. The van der Waals surface area contributed by atoms with Crippen LogP contribution in [0.25, 0.3) is 21.9 Å². The number of imidazole rings is 1. The smallest absolute Gasteiger partial charge is 0.504 e. The summed E-state index contributed by atoms with van der Waals surface area (Å²) in [5, 5.41) is 11.7. The first-order valence-electron chi connectivity index (χ1n) is 15.9. The molecular formula is C35H49N4O6P. The summed E-state index contributed by atoms with van der Waals surface area (Å²) in [4.78, 5) is 28.2. The second kappa shape index (κ2) is 16.3. The monoisotopic (exact) mass is 652 g/mol. The molecule has 0 fully saturated rings. The number of aryl methyl sites for hydroxylation is 1. The van der Waals surface area contributed by atoms with E-state index >= 15 is 0 Å². The van der Waals surface area contributed by atoms with Crippen molar-refractivity contribution in [1.82, 2.24) is 14.5 Å². The number of para-hydroxylation sites is 1. The van der Waals surface area contributed by atoms with E-state index in [0.717, 1.165) is 66.5 Å². The number of ether oxygens (including phenoxy) is 1. The van der Waals surface area contributed by atoms with Crippen LogP contribution in [0.2, 0.25) is 0 Å². The van der Waals surface area contributed by atoms with Crippen molar-refractivity contribution in [3.63, 3.8) is 0 Å². The van der Waals surface area contributed by atoms with E-state index in [4.69, 9.17) is 31.4 Å². The van der Waals surface area contributed by atoms with Crippen LogP contribution in [0.3, 0.4) is 0 Å². The van der Waals surface area contributed by atoms with Crippen LogP contribution in [0.4, 0.5) is 5.82 Å². The fraction of sp³-hybridized carbons (Fsp3) is 0.486. The van der Waals surface area contributed by atoms with Crippen molar-refractivity contribution in [2.45, 2.75) is 92.0 Å². The van der Waals surface area contributed by atoms with Gasteiger partial charge in [-0.05, 0) is 48.3 Å². The molecule has 11 heteroatoms. The number of fused-ring (bicyclic) bond motifs is 3. The maximum atomic E-state index is 11.4. The average Bonchev–Trinajstić information content (AvgIpc) is 3.35. The molecule has 0 aliphatic carbocycles. The molecule has 250 valence electrons. The third-order valence-electron chi connectivity index (χ3n) is 7.86. The predicted octanol–water partition coefficient (Wildman–Crippen LogP) is 7.49. The second-order valence-corrected chi connectivity index (χ2v) is 13.6. The fourth-order valence-electron chi connectivity index (χ4n) is 5.04. The molecule has 10 nitrogen and oxygen atoms in total. The number of phenols is 1. The molecule has 2 aromatic carbocycles. The van der Waals surface area contributed by atoms with Gasteiger partial charge in [0.05, 0.1) is 17.6 Å². The molecule has 5 N–H and O–H groups in total. The predicted molar refractivity (Wildman–Crippen MR) is 185 cm³/mol. The van der Waals surface area contributed by atoms with E-state index in [2.05, 4.69) is 58.7 Å². The maximum Gasteiger partial charge on any atom is 0.524 e. The van der Waals surface area contributed by atoms with Crippen molar-refractivity contribution in [2.75, 3.05) is 18.9 Å². The lowest BCUT2D eigenvalue weighted by Crippen LogP contribution is -2.20. The molecular weight excluding hydrogens is 603 g/mol. The Hall–Kier alpha value is -3.61. The van der Waals surface area contributed by atoms with Crippen LogP contribution in [-0.4, -0.2) is 42.6 Å². The number of hydrogen-bond acceptors (Lipinski definition) is 7. The SMILES string of the molecule is C#CCC.CCCCc1nc2c(N)nc3cc(C(C)(C)CCOCCC(C)C)ccc3c2n1Cc1cccc(OP(=O)(O)O)c1O. The molecule has 0 spiro atoms. The van der Waals surface area contributed by atoms with Gasteiger partial charge >= 0.3 is 7.82 Å². The highest BCUT2D eigenvalue weighted by atomic mass is 31.2. The number of benzene rings is 2. The Labute approximate surface area is 272 Å². The lowest BCUT2D eigenvalue weighted by atomic mass is 9.81. The number of aromatic nitrogens is 3. The first-order valence-corrected chi connectivity index (χ1v) is 17.4. The van der Waals surface area contributed by atoms with E-state index in [1.54, 1.807) is 12.1 Å². The van der Waals surface area contributed by atoms with Crippen LogP contribution < -0.4 is 10.3 Å². The normalized spacial score (nSPS) is 11.9. The summed E-state index contributed by atoms with van der Waals surface area (Å²) in [6, 6.07) is 10.8. The number of nitrogens with two attached hydrogens (primary N) is 1. The molecule has 4 aromatic rings. The Balaban J connectivity index is 0.00000136. The summed E-state index contributed by atoms with van der Waals surface area (Å²) >= 11 is 0. The lowest BCUT2D eigenvalue weighted by molar-refractivity contribution is 0.109. The number of nitrogen functional groups attached to an aromatic ring is 1. The largest absolute Gasteiger partial charge is 0.524 e. The Morgan fingerprint density at radius 1 is 1.13 bits per heavy atom. The van der Waals surface area contributed by atoms with Crippen molar-refractivity contribution in [3.05, 3.63) is 53.3 Å². The van der Waals surface area contributed by atoms with Crippen molar-refractivity contribution < 1.29 is 28.7 Å². The summed E-state index contributed by atoms with van der Waals surface area (Å²) in [6.07, 6.45) is 10.1. The summed E-state index contributed by atoms with van der Waals surface area (Å²) in [5.74, 6) is 3.53. The zero-order chi connectivity index (χ0) is 34.1. The van der Waals surface area contributed by atoms with Gasteiger partial charge in [-0.25, -0.2) is 14.5 Å². The van der Waals surface area contributed by atoms with E-state index in [1.807, 2.05) is 11.5 Å². The van der Waals surface area contributed by atoms with Crippen molar-refractivity contribution in [1.29, 1.82) is 0 Å². The van der Waals surface area contributed by atoms with Gasteiger partial charge in [0.15, 0.2) is 17.3 Å². The Bertz CT molecular complexity index is 1700. The Kier molecular flexibility index (Phi) is 13.0. The first-order chi connectivity index (χ1) is 21.7. The van der Waals surface area contributed by atoms with Gasteiger partial charge in [-0.2, -0.15) is 0 Å². The number of nitrogens with zero attached hydrogens (tertiary/aromatic N) is 3. The molecule has 0 unspecified atom stereocenters. The molecule has 0 atom stereocenters. The van der Waals surface area contributed by atoms with E-state index in [9.17, 15) is 19.5 Å². The third-order valence-corrected chi connectivity index (χ3v) is 8.30. The lowest BCUT2D eigenvalue weighted by Gasteiger charge is -2.26. The molecule has 4 rings (SSSR count). The van der Waals surface area contributed by atoms with Crippen LogP contribution in [0, 0.1) is 18.3 Å². The van der Waals surface area contributed by atoms with Crippen LogP contribution in [-0.2, 0) is 27.7 Å². The minimum absolute atomic E-state index is 0.144. The van der Waals surface area contributed by atoms with Gasteiger partial charge in [0.25, 0.3) is 0 Å². The molecule has 2 heterocycles.